The molecule has 1 unspecified atom stereocenters. The zero-order chi connectivity index (χ0) is 14.7. The molecule has 2 fully saturated rings. The number of nitrogens with zero attached hydrogens (tertiary/aromatic N) is 3. The molecule has 1 atom stereocenters. The molecule has 0 amide bonds. The van der Waals surface area contributed by atoms with Gasteiger partial charge in [0, 0.05) is 30.4 Å². The van der Waals surface area contributed by atoms with E-state index in [1.165, 1.54) is 51.4 Å². The van der Waals surface area contributed by atoms with Gasteiger partial charge in [-0.3, -0.25) is 0 Å². The van der Waals surface area contributed by atoms with E-state index in [1.54, 1.807) is 0 Å². The van der Waals surface area contributed by atoms with Crippen LogP contribution in [-0.2, 0) is 0 Å². The molecule has 1 aliphatic carbocycles. The molecule has 4 heteroatoms. The van der Waals surface area contributed by atoms with Gasteiger partial charge in [0.25, 0.3) is 0 Å². The van der Waals surface area contributed by atoms with Gasteiger partial charge in [0.1, 0.15) is 5.82 Å². The van der Waals surface area contributed by atoms with Gasteiger partial charge in [0.15, 0.2) is 0 Å². The monoisotopic (exact) mass is 288 g/mol. The second-order valence-electron chi connectivity index (χ2n) is 6.57. The Balaban J connectivity index is 1.79. The van der Waals surface area contributed by atoms with Crippen LogP contribution < -0.4 is 10.2 Å². The van der Waals surface area contributed by atoms with Crippen LogP contribution in [0, 0.1) is 6.92 Å². The topological polar surface area (TPSA) is 41.1 Å². The van der Waals surface area contributed by atoms with Crippen LogP contribution in [-0.4, -0.2) is 28.6 Å². The predicted molar refractivity (Wildman–Crippen MR) is 87.9 cm³/mol. The number of aromatic nitrogens is 2. The summed E-state index contributed by atoms with van der Waals surface area (Å²) in [5.41, 5.74) is 1.07. The Morgan fingerprint density at radius 2 is 1.90 bits per heavy atom. The molecule has 0 radical (unpaired) electrons. The number of nitrogens with one attached hydrogen (secondary N) is 1. The standard InChI is InChI=1S/C17H28N4/c1-3-15-10-6-7-11-21(15)17-18-13(2)12-16(20-17)19-14-8-4-5-9-14/h12,14-15H,3-11H2,1-2H3,(H,18,19,20). The minimum Gasteiger partial charge on any atom is -0.367 e. The van der Waals surface area contributed by atoms with Gasteiger partial charge in [0.2, 0.25) is 5.95 Å². The van der Waals surface area contributed by atoms with E-state index in [9.17, 15) is 0 Å². The van der Waals surface area contributed by atoms with E-state index in [0.29, 0.717) is 12.1 Å². The summed E-state index contributed by atoms with van der Waals surface area (Å²) in [6, 6.07) is 3.31. The molecule has 116 valence electrons. The molecule has 1 N–H and O–H groups in total. The highest BCUT2D eigenvalue weighted by Crippen LogP contribution is 2.26. The maximum absolute atomic E-state index is 4.82. The fourth-order valence-electron chi connectivity index (χ4n) is 3.72. The third kappa shape index (κ3) is 3.47. The summed E-state index contributed by atoms with van der Waals surface area (Å²) >= 11 is 0. The largest absolute Gasteiger partial charge is 0.367 e. The Labute approximate surface area is 128 Å². The fourth-order valence-corrected chi connectivity index (χ4v) is 3.72. The van der Waals surface area contributed by atoms with Crippen LogP contribution in [0.1, 0.15) is 64.0 Å². The molecule has 1 saturated carbocycles. The molecule has 2 heterocycles. The highest BCUT2D eigenvalue weighted by atomic mass is 15.3. The summed E-state index contributed by atoms with van der Waals surface area (Å²) in [5.74, 6) is 1.95. The fraction of sp³-hybridized carbons (Fsp3) is 0.765. The van der Waals surface area contributed by atoms with E-state index in [1.807, 2.05) is 0 Å². The van der Waals surface area contributed by atoms with E-state index in [4.69, 9.17) is 9.97 Å². The third-order valence-electron chi connectivity index (χ3n) is 4.90. The molecule has 2 aliphatic rings. The van der Waals surface area contributed by atoms with Crippen LogP contribution in [0.3, 0.4) is 0 Å². The van der Waals surface area contributed by atoms with Crippen LogP contribution in [0.4, 0.5) is 11.8 Å². The number of hydrogen-bond donors (Lipinski definition) is 1. The Morgan fingerprint density at radius 1 is 1.14 bits per heavy atom. The minimum atomic E-state index is 0.607. The quantitative estimate of drug-likeness (QED) is 0.912. The predicted octanol–water partition coefficient (Wildman–Crippen LogP) is 3.91. The lowest BCUT2D eigenvalue weighted by Gasteiger charge is -2.35. The smallest absolute Gasteiger partial charge is 0.227 e. The van der Waals surface area contributed by atoms with Gasteiger partial charge in [-0.1, -0.05) is 19.8 Å². The number of hydrogen-bond acceptors (Lipinski definition) is 4. The highest BCUT2D eigenvalue weighted by molar-refractivity contribution is 5.45. The van der Waals surface area contributed by atoms with Crippen molar-refractivity contribution in [2.45, 2.75) is 77.3 Å². The van der Waals surface area contributed by atoms with Crippen molar-refractivity contribution in [2.24, 2.45) is 0 Å². The maximum Gasteiger partial charge on any atom is 0.227 e. The summed E-state index contributed by atoms with van der Waals surface area (Å²) in [6.45, 7) is 5.46. The zero-order valence-electron chi connectivity index (χ0n) is 13.4. The first kappa shape index (κ1) is 14.6. The van der Waals surface area contributed by atoms with Gasteiger partial charge in [-0.2, -0.15) is 4.98 Å². The maximum atomic E-state index is 4.82. The Hall–Kier alpha value is -1.32. The number of aryl methyl sites for hydroxylation is 1. The van der Waals surface area contributed by atoms with Crippen molar-refractivity contribution >= 4 is 11.8 Å². The molecule has 0 aromatic carbocycles. The molecule has 0 bridgehead atoms. The van der Waals surface area contributed by atoms with Crippen molar-refractivity contribution in [2.75, 3.05) is 16.8 Å². The first-order valence-electron chi connectivity index (χ1n) is 8.65. The van der Waals surface area contributed by atoms with Gasteiger partial charge in [0.05, 0.1) is 0 Å². The Kier molecular flexibility index (Phi) is 4.61. The van der Waals surface area contributed by atoms with Crippen LogP contribution in [0.15, 0.2) is 6.07 Å². The van der Waals surface area contributed by atoms with Crippen molar-refractivity contribution in [1.82, 2.24) is 9.97 Å². The average Bonchev–Trinajstić information content (AvgIpc) is 2.99. The first-order chi connectivity index (χ1) is 10.3. The third-order valence-corrected chi connectivity index (χ3v) is 4.90. The van der Waals surface area contributed by atoms with E-state index >= 15 is 0 Å². The van der Waals surface area contributed by atoms with E-state index in [0.717, 1.165) is 24.0 Å². The van der Waals surface area contributed by atoms with Gasteiger partial charge in [-0.05, 0) is 45.4 Å². The molecule has 1 saturated heterocycles. The van der Waals surface area contributed by atoms with Crippen LogP contribution in [0.2, 0.25) is 0 Å². The first-order valence-corrected chi connectivity index (χ1v) is 8.65. The Morgan fingerprint density at radius 3 is 2.67 bits per heavy atom. The van der Waals surface area contributed by atoms with Crippen molar-refractivity contribution in [3.63, 3.8) is 0 Å². The summed E-state index contributed by atoms with van der Waals surface area (Å²) in [4.78, 5) is 12.0. The van der Waals surface area contributed by atoms with Crippen molar-refractivity contribution < 1.29 is 0 Å². The molecular formula is C17H28N4. The SMILES string of the molecule is CCC1CCCCN1c1nc(C)cc(NC2CCCC2)n1. The minimum absolute atomic E-state index is 0.607. The average molecular weight is 288 g/mol. The number of piperidine rings is 1. The van der Waals surface area contributed by atoms with Crippen LogP contribution in [0.25, 0.3) is 0 Å². The summed E-state index contributed by atoms with van der Waals surface area (Å²) in [7, 11) is 0. The summed E-state index contributed by atoms with van der Waals surface area (Å²) < 4.78 is 0. The Bertz CT molecular complexity index is 468. The normalized spacial score (nSPS) is 23.5. The lowest BCUT2D eigenvalue weighted by Crippen LogP contribution is -2.40. The summed E-state index contributed by atoms with van der Waals surface area (Å²) in [5, 5.41) is 3.62. The highest BCUT2D eigenvalue weighted by Gasteiger charge is 2.24. The molecule has 0 spiro atoms. The van der Waals surface area contributed by atoms with E-state index < -0.39 is 0 Å². The molecule has 4 nitrogen and oxygen atoms in total. The second kappa shape index (κ2) is 6.63. The van der Waals surface area contributed by atoms with Gasteiger partial charge < -0.3 is 10.2 Å². The van der Waals surface area contributed by atoms with Crippen LogP contribution in [0.5, 0.6) is 0 Å². The lowest BCUT2D eigenvalue weighted by atomic mass is 10.0. The molecule has 21 heavy (non-hydrogen) atoms. The number of rotatable bonds is 4. The zero-order valence-corrected chi connectivity index (χ0v) is 13.4. The second-order valence-corrected chi connectivity index (χ2v) is 6.57. The van der Waals surface area contributed by atoms with Gasteiger partial charge >= 0.3 is 0 Å². The molecule has 3 rings (SSSR count). The molecular weight excluding hydrogens is 260 g/mol. The van der Waals surface area contributed by atoms with Gasteiger partial charge in [-0.25, -0.2) is 4.98 Å². The van der Waals surface area contributed by atoms with Gasteiger partial charge in [-0.15, -0.1) is 0 Å². The van der Waals surface area contributed by atoms with Crippen molar-refractivity contribution in [3.8, 4) is 0 Å². The van der Waals surface area contributed by atoms with E-state index in [2.05, 4.69) is 30.1 Å². The number of anilines is 2. The lowest BCUT2D eigenvalue weighted by molar-refractivity contribution is 0.443. The van der Waals surface area contributed by atoms with E-state index in [-0.39, 0.29) is 0 Å². The molecule has 1 aliphatic heterocycles. The molecule has 1 aromatic rings. The van der Waals surface area contributed by atoms with Crippen molar-refractivity contribution in [3.05, 3.63) is 11.8 Å². The van der Waals surface area contributed by atoms with Crippen molar-refractivity contribution in [1.29, 1.82) is 0 Å². The summed E-state index contributed by atoms with van der Waals surface area (Å²) in [6.07, 6.45) is 10.3. The van der Waals surface area contributed by atoms with Crippen LogP contribution >= 0.6 is 0 Å². The molecule has 1 aromatic heterocycles.